The molecule has 0 atom stereocenters. The largest absolute Gasteiger partial charge is 0.326 e. The predicted octanol–water partition coefficient (Wildman–Crippen LogP) is 2.87. The molecule has 1 fully saturated rings. The quantitative estimate of drug-likeness (QED) is 0.810. The first kappa shape index (κ1) is 11.8. The fourth-order valence-electron chi connectivity index (χ4n) is 1.59. The summed E-state index contributed by atoms with van der Waals surface area (Å²) in [6, 6.07) is 7.15. The van der Waals surface area contributed by atoms with Crippen molar-refractivity contribution in [2.75, 3.05) is 5.32 Å². The maximum absolute atomic E-state index is 11.8. The lowest BCUT2D eigenvalue weighted by atomic mass is 10.1. The Kier molecular flexibility index (Phi) is 3.27. The molecule has 1 amide bonds. The van der Waals surface area contributed by atoms with E-state index in [4.69, 9.17) is 0 Å². The van der Waals surface area contributed by atoms with Gasteiger partial charge in [-0.1, -0.05) is 13.8 Å². The van der Waals surface area contributed by atoms with Crippen LogP contribution in [0.1, 0.15) is 37.0 Å². The van der Waals surface area contributed by atoms with Crippen LogP contribution in [0.15, 0.2) is 24.3 Å². The van der Waals surface area contributed by atoms with Crippen molar-refractivity contribution in [3.05, 3.63) is 29.8 Å². The number of benzene rings is 1. The summed E-state index contributed by atoms with van der Waals surface area (Å²) in [6.45, 7) is 3.70. The summed E-state index contributed by atoms with van der Waals surface area (Å²) >= 11 is 0. The van der Waals surface area contributed by atoms with Gasteiger partial charge in [-0.2, -0.15) is 0 Å². The molecule has 3 heteroatoms. The molecule has 0 saturated heterocycles. The van der Waals surface area contributed by atoms with Crippen LogP contribution in [0.4, 0.5) is 5.69 Å². The number of hydrogen-bond donors (Lipinski definition) is 1. The molecule has 0 heterocycles. The molecule has 3 nitrogen and oxygen atoms in total. The summed E-state index contributed by atoms with van der Waals surface area (Å²) in [5, 5.41) is 2.80. The van der Waals surface area contributed by atoms with Crippen LogP contribution in [0, 0.1) is 11.8 Å². The molecular formula is C14H17NO2. The standard InChI is InChI=1S/C14H17NO2/c1-9(2)14(17)15-12-7-5-11(6-8-12)13(16)10-3-4-10/h5-10H,3-4H2,1-2H3,(H,15,17). The van der Waals surface area contributed by atoms with E-state index in [0.29, 0.717) is 0 Å². The van der Waals surface area contributed by atoms with Gasteiger partial charge in [0.2, 0.25) is 5.91 Å². The molecule has 0 aromatic heterocycles. The second kappa shape index (κ2) is 4.70. The van der Waals surface area contributed by atoms with Crippen molar-refractivity contribution in [3.63, 3.8) is 0 Å². The molecular weight excluding hydrogens is 214 g/mol. The smallest absolute Gasteiger partial charge is 0.226 e. The van der Waals surface area contributed by atoms with E-state index in [-0.39, 0.29) is 23.5 Å². The minimum Gasteiger partial charge on any atom is -0.326 e. The van der Waals surface area contributed by atoms with Crippen LogP contribution >= 0.6 is 0 Å². The van der Waals surface area contributed by atoms with Gasteiger partial charge in [-0.15, -0.1) is 0 Å². The van der Waals surface area contributed by atoms with Crippen molar-refractivity contribution in [1.29, 1.82) is 0 Å². The Morgan fingerprint density at radius 2 is 1.76 bits per heavy atom. The normalized spacial score (nSPS) is 14.8. The molecule has 1 saturated carbocycles. The van der Waals surface area contributed by atoms with Gasteiger partial charge in [-0.25, -0.2) is 0 Å². The topological polar surface area (TPSA) is 46.2 Å². The first-order chi connectivity index (χ1) is 8.08. The summed E-state index contributed by atoms with van der Waals surface area (Å²) in [5.41, 5.74) is 1.49. The van der Waals surface area contributed by atoms with Gasteiger partial charge in [0.05, 0.1) is 0 Å². The molecule has 1 aromatic rings. The van der Waals surface area contributed by atoms with Crippen LogP contribution in [0.3, 0.4) is 0 Å². The zero-order valence-corrected chi connectivity index (χ0v) is 10.2. The third kappa shape index (κ3) is 2.93. The van der Waals surface area contributed by atoms with Gasteiger partial charge in [0.1, 0.15) is 0 Å². The van der Waals surface area contributed by atoms with Gasteiger partial charge in [-0.3, -0.25) is 9.59 Å². The Morgan fingerprint density at radius 1 is 1.18 bits per heavy atom. The summed E-state index contributed by atoms with van der Waals surface area (Å²) in [5.74, 6) is 0.423. The summed E-state index contributed by atoms with van der Waals surface area (Å²) in [7, 11) is 0. The minimum absolute atomic E-state index is 0.00808. The van der Waals surface area contributed by atoms with E-state index < -0.39 is 0 Å². The average molecular weight is 231 g/mol. The molecule has 0 aliphatic heterocycles. The number of amides is 1. The van der Waals surface area contributed by atoms with Crippen LogP contribution in [-0.2, 0) is 4.79 Å². The van der Waals surface area contributed by atoms with Crippen molar-refractivity contribution in [1.82, 2.24) is 0 Å². The van der Waals surface area contributed by atoms with Crippen LogP contribution in [0.2, 0.25) is 0 Å². The van der Waals surface area contributed by atoms with E-state index in [0.717, 1.165) is 24.1 Å². The van der Waals surface area contributed by atoms with Crippen molar-refractivity contribution < 1.29 is 9.59 Å². The highest BCUT2D eigenvalue weighted by atomic mass is 16.1. The lowest BCUT2D eigenvalue weighted by Crippen LogP contribution is -2.17. The maximum atomic E-state index is 11.8. The lowest BCUT2D eigenvalue weighted by molar-refractivity contribution is -0.118. The zero-order chi connectivity index (χ0) is 12.4. The van der Waals surface area contributed by atoms with E-state index in [1.807, 2.05) is 13.8 Å². The number of Topliss-reactive ketones (excluding diaryl/α,β-unsaturated/α-hetero) is 1. The molecule has 1 aliphatic carbocycles. The van der Waals surface area contributed by atoms with E-state index in [1.54, 1.807) is 24.3 Å². The molecule has 17 heavy (non-hydrogen) atoms. The third-order valence-corrected chi connectivity index (χ3v) is 2.91. The van der Waals surface area contributed by atoms with Crippen molar-refractivity contribution in [2.45, 2.75) is 26.7 Å². The third-order valence-electron chi connectivity index (χ3n) is 2.91. The Morgan fingerprint density at radius 3 is 2.24 bits per heavy atom. The number of anilines is 1. The van der Waals surface area contributed by atoms with Crippen molar-refractivity contribution in [2.24, 2.45) is 11.8 Å². The second-order valence-corrected chi connectivity index (χ2v) is 4.86. The first-order valence-corrected chi connectivity index (χ1v) is 6.03. The highest BCUT2D eigenvalue weighted by Crippen LogP contribution is 2.32. The molecule has 0 unspecified atom stereocenters. The number of nitrogens with one attached hydrogen (secondary N) is 1. The lowest BCUT2D eigenvalue weighted by Gasteiger charge is -2.08. The van der Waals surface area contributed by atoms with E-state index >= 15 is 0 Å². The molecule has 1 aliphatic rings. The van der Waals surface area contributed by atoms with Gasteiger partial charge in [-0.05, 0) is 37.1 Å². The second-order valence-electron chi connectivity index (χ2n) is 4.86. The zero-order valence-electron chi connectivity index (χ0n) is 10.2. The van der Waals surface area contributed by atoms with Crippen LogP contribution in [0.5, 0.6) is 0 Å². The Balaban J connectivity index is 2.02. The highest BCUT2D eigenvalue weighted by Gasteiger charge is 2.30. The fourth-order valence-corrected chi connectivity index (χ4v) is 1.59. The fraction of sp³-hybridized carbons (Fsp3) is 0.429. The number of rotatable bonds is 4. The molecule has 1 N–H and O–H groups in total. The van der Waals surface area contributed by atoms with Gasteiger partial charge in [0.25, 0.3) is 0 Å². The summed E-state index contributed by atoms with van der Waals surface area (Å²) in [6.07, 6.45) is 2.04. The van der Waals surface area contributed by atoms with E-state index in [1.165, 1.54) is 0 Å². The van der Waals surface area contributed by atoms with E-state index in [2.05, 4.69) is 5.32 Å². The molecule has 0 spiro atoms. The monoisotopic (exact) mass is 231 g/mol. The Labute approximate surface area is 101 Å². The van der Waals surface area contributed by atoms with Crippen LogP contribution in [-0.4, -0.2) is 11.7 Å². The summed E-state index contributed by atoms with van der Waals surface area (Å²) < 4.78 is 0. The maximum Gasteiger partial charge on any atom is 0.226 e. The van der Waals surface area contributed by atoms with Crippen LogP contribution in [0.25, 0.3) is 0 Å². The number of carbonyl (C=O) groups is 2. The highest BCUT2D eigenvalue weighted by molar-refractivity contribution is 6.00. The molecule has 2 rings (SSSR count). The molecule has 0 bridgehead atoms. The van der Waals surface area contributed by atoms with Gasteiger partial charge in [0, 0.05) is 23.1 Å². The molecule has 1 aromatic carbocycles. The Bertz CT molecular complexity index is 430. The number of hydrogen-bond acceptors (Lipinski definition) is 2. The predicted molar refractivity (Wildman–Crippen MR) is 67.0 cm³/mol. The molecule has 90 valence electrons. The van der Waals surface area contributed by atoms with E-state index in [9.17, 15) is 9.59 Å². The SMILES string of the molecule is CC(C)C(=O)Nc1ccc(C(=O)C2CC2)cc1. The minimum atomic E-state index is -0.0391. The summed E-state index contributed by atoms with van der Waals surface area (Å²) in [4.78, 5) is 23.2. The van der Waals surface area contributed by atoms with Crippen molar-refractivity contribution >= 4 is 17.4 Å². The van der Waals surface area contributed by atoms with Gasteiger partial charge < -0.3 is 5.32 Å². The Hall–Kier alpha value is -1.64. The number of carbonyl (C=O) groups excluding carboxylic acids is 2. The van der Waals surface area contributed by atoms with Crippen LogP contribution < -0.4 is 5.32 Å². The average Bonchev–Trinajstić information content (AvgIpc) is 3.13. The van der Waals surface area contributed by atoms with Crippen molar-refractivity contribution in [3.8, 4) is 0 Å². The molecule has 0 radical (unpaired) electrons. The van der Waals surface area contributed by atoms with Gasteiger partial charge >= 0.3 is 0 Å². The first-order valence-electron chi connectivity index (χ1n) is 6.03. The van der Waals surface area contributed by atoms with Gasteiger partial charge in [0.15, 0.2) is 5.78 Å². The number of ketones is 1.